The Kier molecular flexibility index (Phi) is 5.46. The number of rotatable bonds is 6. The van der Waals surface area contributed by atoms with Gasteiger partial charge in [-0.05, 0) is 18.9 Å². The van der Waals surface area contributed by atoms with E-state index < -0.39 is 6.04 Å². The van der Waals surface area contributed by atoms with Crippen molar-refractivity contribution in [2.45, 2.75) is 31.2 Å². The molecule has 0 fully saturated rings. The van der Waals surface area contributed by atoms with Crippen molar-refractivity contribution < 1.29 is 10.0 Å². The summed E-state index contributed by atoms with van der Waals surface area (Å²) >= 11 is 5.78. The van der Waals surface area contributed by atoms with Crippen LogP contribution in [0.25, 0.3) is 0 Å². The van der Waals surface area contributed by atoms with Crippen molar-refractivity contribution in [3.05, 3.63) is 35.9 Å². The van der Waals surface area contributed by atoms with Crippen LogP contribution in [0, 0.1) is 0 Å². The van der Waals surface area contributed by atoms with Crippen LogP contribution in [0.15, 0.2) is 30.3 Å². The van der Waals surface area contributed by atoms with E-state index in [-0.39, 0.29) is 11.2 Å². The van der Waals surface area contributed by atoms with Gasteiger partial charge in [0.2, 0.25) is 0 Å². The molecule has 2 unspecified atom stereocenters. The highest BCUT2D eigenvalue weighted by Crippen LogP contribution is 2.16. The number of alkyl halides is 1. The lowest BCUT2D eigenvalue weighted by atomic mass is 10.00. The van der Waals surface area contributed by atoms with Crippen LogP contribution in [0.5, 0.6) is 0 Å². The number of hydrogen-bond acceptors (Lipinski definition) is 3. The van der Waals surface area contributed by atoms with E-state index in [9.17, 15) is 4.79 Å². The van der Waals surface area contributed by atoms with Crippen LogP contribution < -0.4 is 5.48 Å². The Hall–Kier alpha value is -0.900. The summed E-state index contributed by atoms with van der Waals surface area (Å²) in [6, 6.07) is 8.47. The van der Waals surface area contributed by atoms with Gasteiger partial charge in [0.25, 0.3) is 0 Å². The topological polar surface area (TPSA) is 49.3 Å². The van der Waals surface area contributed by atoms with Crippen molar-refractivity contribution in [1.82, 2.24) is 5.48 Å². The zero-order valence-electron chi connectivity index (χ0n) is 9.19. The molecule has 0 heterocycles. The third-order valence-electron chi connectivity index (χ3n) is 2.37. The fourth-order valence-electron chi connectivity index (χ4n) is 1.46. The van der Waals surface area contributed by atoms with Gasteiger partial charge in [-0.3, -0.25) is 4.79 Å². The van der Waals surface area contributed by atoms with Crippen molar-refractivity contribution in [3.8, 4) is 0 Å². The first kappa shape index (κ1) is 13.2. The van der Waals surface area contributed by atoms with Gasteiger partial charge >= 0.3 is 0 Å². The molecule has 16 heavy (non-hydrogen) atoms. The molecule has 2 atom stereocenters. The lowest BCUT2D eigenvalue weighted by molar-refractivity contribution is -0.123. The van der Waals surface area contributed by atoms with E-state index in [2.05, 4.69) is 0 Å². The number of nitrogens with one attached hydrogen (secondary N) is 1. The van der Waals surface area contributed by atoms with E-state index in [1.165, 1.54) is 0 Å². The first-order chi connectivity index (χ1) is 7.65. The van der Waals surface area contributed by atoms with Gasteiger partial charge in [0.15, 0.2) is 5.78 Å². The molecule has 0 saturated carbocycles. The fourth-order valence-corrected chi connectivity index (χ4v) is 1.57. The minimum Gasteiger partial charge on any atom is -0.316 e. The van der Waals surface area contributed by atoms with Gasteiger partial charge in [-0.1, -0.05) is 30.3 Å². The molecule has 4 heteroatoms. The summed E-state index contributed by atoms with van der Waals surface area (Å²) < 4.78 is 0. The summed E-state index contributed by atoms with van der Waals surface area (Å²) in [7, 11) is 0. The van der Waals surface area contributed by atoms with Crippen molar-refractivity contribution >= 4 is 17.4 Å². The molecule has 0 amide bonds. The summed E-state index contributed by atoms with van der Waals surface area (Å²) in [5.41, 5.74) is 2.81. The third kappa shape index (κ3) is 3.93. The summed E-state index contributed by atoms with van der Waals surface area (Å²) in [5, 5.41) is 8.98. The third-order valence-corrected chi connectivity index (χ3v) is 2.59. The lowest BCUT2D eigenvalue weighted by Crippen LogP contribution is -2.26. The zero-order valence-corrected chi connectivity index (χ0v) is 9.95. The van der Waals surface area contributed by atoms with Gasteiger partial charge in [0.05, 0.1) is 0 Å². The van der Waals surface area contributed by atoms with E-state index in [1.54, 1.807) is 12.1 Å². The molecule has 88 valence electrons. The Morgan fingerprint density at radius 2 is 2.06 bits per heavy atom. The summed E-state index contributed by atoms with van der Waals surface area (Å²) in [6.07, 6.45) is 0.975. The molecule has 1 rings (SSSR count). The molecule has 0 aliphatic heterocycles. The largest absolute Gasteiger partial charge is 0.316 e. The molecule has 1 aromatic rings. The predicted molar refractivity (Wildman–Crippen MR) is 63.7 cm³/mol. The Balaban J connectivity index is 2.64. The zero-order chi connectivity index (χ0) is 12.0. The number of benzene rings is 1. The molecular formula is C12H16ClNO2. The van der Waals surface area contributed by atoms with Crippen LogP contribution in [-0.4, -0.2) is 16.4 Å². The number of hydrogen-bond donors (Lipinski definition) is 2. The first-order valence-corrected chi connectivity index (χ1v) is 5.70. The minimum atomic E-state index is -0.656. The maximum absolute atomic E-state index is 11.8. The van der Waals surface area contributed by atoms with Crippen LogP contribution in [0.4, 0.5) is 0 Å². The fraction of sp³-hybridized carbons (Fsp3) is 0.417. The van der Waals surface area contributed by atoms with Crippen LogP contribution in [-0.2, 0) is 4.79 Å². The molecule has 0 radical (unpaired) electrons. The normalized spacial score (nSPS) is 14.4. The smallest absolute Gasteiger partial charge is 0.156 e. The van der Waals surface area contributed by atoms with Gasteiger partial charge in [0, 0.05) is 11.8 Å². The van der Waals surface area contributed by atoms with Crippen molar-refractivity contribution in [2.75, 3.05) is 0 Å². The summed E-state index contributed by atoms with van der Waals surface area (Å²) in [5.74, 6) is -0.0544. The van der Waals surface area contributed by atoms with Gasteiger partial charge in [-0.25, -0.2) is 0 Å². The molecule has 0 aliphatic carbocycles. The lowest BCUT2D eigenvalue weighted by Gasteiger charge is -2.14. The van der Waals surface area contributed by atoms with Crippen molar-refractivity contribution in [3.63, 3.8) is 0 Å². The average Bonchev–Trinajstić information content (AvgIpc) is 2.29. The van der Waals surface area contributed by atoms with Gasteiger partial charge in [0.1, 0.15) is 6.04 Å². The molecule has 0 spiro atoms. The minimum absolute atomic E-state index is 0.0286. The molecule has 0 bridgehead atoms. The molecular weight excluding hydrogens is 226 g/mol. The van der Waals surface area contributed by atoms with E-state index in [0.717, 1.165) is 5.56 Å². The van der Waals surface area contributed by atoms with Gasteiger partial charge < -0.3 is 5.21 Å². The Labute approximate surface area is 100 Å². The number of halogens is 1. The van der Waals surface area contributed by atoms with Crippen LogP contribution >= 0.6 is 11.6 Å². The number of carbonyl (C=O) groups is 1. The average molecular weight is 242 g/mol. The number of ketones is 1. The van der Waals surface area contributed by atoms with E-state index in [0.29, 0.717) is 12.8 Å². The quantitative estimate of drug-likeness (QED) is 0.595. The van der Waals surface area contributed by atoms with E-state index in [4.69, 9.17) is 16.8 Å². The molecule has 0 aromatic heterocycles. The van der Waals surface area contributed by atoms with E-state index in [1.807, 2.05) is 30.6 Å². The van der Waals surface area contributed by atoms with Crippen molar-refractivity contribution in [1.29, 1.82) is 0 Å². The predicted octanol–water partition coefficient (Wildman–Crippen LogP) is 2.68. The second kappa shape index (κ2) is 6.63. The maximum atomic E-state index is 11.8. The van der Waals surface area contributed by atoms with E-state index >= 15 is 0 Å². The number of Topliss-reactive ketones (excluding diaryl/α,β-unsaturated/α-hetero) is 1. The van der Waals surface area contributed by atoms with Crippen LogP contribution in [0.1, 0.15) is 31.4 Å². The Bertz CT molecular complexity index is 327. The maximum Gasteiger partial charge on any atom is 0.156 e. The monoisotopic (exact) mass is 241 g/mol. The molecule has 0 saturated heterocycles. The standard InChI is InChI=1S/C12H16ClNO2/c1-9(13)7-8-11(15)12(14-16)10-5-3-2-4-6-10/h2-6,9,12,14,16H,7-8H2,1H3. The van der Waals surface area contributed by atoms with Crippen LogP contribution in [0.3, 0.4) is 0 Å². The highest BCUT2D eigenvalue weighted by atomic mass is 35.5. The second-order valence-corrected chi connectivity index (χ2v) is 4.50. The van der Waals surface area contributed by atoms with Gasteiger partial charge in [-0.2, -0.15) is 5.48 Å². The van der Waals surface area contributed by atoms with Crippen LogP contribution in [0.2, 0.25) is 0 Å². The van der Waals surface area contributed by atoms with Gasteiger partial charge in [-0.15, -0.1) is 11.6 Å². The number of carbonyl (C=O) groups excluding carboxylic acids is 1. The number of hydroxylamine groups is 1. The summed E-state index contributed by atoms with van der Waals surface area (Å²) in [4.78, 5) is 11.8. The highest BCUT2D eigenvalue weighted by Gasteiger charge is 2.19. The SMILES string of the molecule is CC(Cl)CCC(=O)C(NO)c1ccccc1. The molecule has 1 aromatic carbocycles. The van der Waals surface area contributed by atoms with Crippen molar-refractivity contribution in [2.24, 2.45) is 0 Å². The molecule has 0 aliphatic rings. The summed E-state index contributed by atoms with van der Waals surface area (Å²) in [6.45, 7) is 1.85. The Morgan fingerprint density at radius 1 is 1.44 bits per heavy atom. The molecule has 3 nitrogen and oxygen atoms in total. The first-order valence-electron chi connectivity index (χ1n) is 5.26. The Morgan fingerprint density at radius 3 is 2.56 bits per heavy atom. The second-order valence-electron chi connectivity index (χ2n) is 3.76. The molecule has 2 N–H and O–H groups in total. The highest BCUT2D eigenvalue weighted by molar-refractivity contribution is 6.20.